The number of ether oxygens (including phenoxy) is 1. The number of amides is 1. The second-order valence-corrected chi connectivity index (χ2v) is 4.60. The maximum Gasteiger partial charge on any atom is 0.329 e. The quantitative estimate of drug-likeness (QED) is 0.625. The zero-order valence-corrected chi connectivity index (χ0v) is 14.6. The van der Waals surface area contributed by atoms with Gasteiger partial charge < -0.3 is 15.4 Å². The van der Waals surface area contributed by atoms with E-state index in [0.29, 0.717) is 6.41 Å². The molecular weight excluding hydrogens is 280 g/mol. The number of hydrogen-bond donors (Lipinski definition) is 2. The second kappa shape index (κ2) is 15.5. The maximum absolute atomic E-state index is 11.7. The molecule has 1 unspecified atom stereocenters. The molecule has 5 nitrogen and oxygen atoms in total. The zero-order valence-electron chi connectivity index (χ0n) is 14.6. The molecule has 1 atom stereocenters. The van der Waals surface area contributed by atoms with Gasteiger partial charge in [-0.3, -0.25) is 4.79 Å². The van der Waals surface area contributed by atoms with Crippen molar-refractivity contribution in [1.29, 1.82) is 0 Å². The number of rotatable bonds is 6. The molecule has 0 aliphatic rings. The number of carbonyl (C=O) groups excluding carboxylic acids is 2. The molecule has 0 spiro atoms. The average Bonchev–Trinajstić information content (AvgIpc) is 2.53. The molecule has 0 heterocycles. The minimum atomic E-state index is -0.587. The van der Waals surface area contributed by atoms with Crippen LogP contribution in [0.1, 0.15) is 33.3 Å². The first-order valence-electron chi connectivity index (χ1n) is 7.55. The van der Waals surface area contributed by atoms with Crippen LogP contribution in [0.4, 0.5) is 0 Å². The fourth-order valence-electron chi connectivity index (χ4n) is 1.42. The van der Waals surface area contributed by atoms with E-state index in [1.165, 1.54) is 0 Å². The summed E-state index contributed by atoms with van der Waals surface area (Å²) in [6.07, 6.45) is 0.522. The molecule has 5 heteroatoms. The lowest BCUT2D eigenvalue weighted by molar-refractivity contribution is -0.149. The Morgan fingerprint density at radius 1 is 1.18 bits per heavy atom. The largest absolute Gasteiger partial charge is 0.459 e. The molecule has 1 amide bonds. The summed E-state index contributed by atoms with van der Waals surface area (Å²) >= 11 is 0. The van der Waals surface area contributed by atoms with Crippen molar-refractivity contribution in [2.24, 2.45) is 5.92 Å². The number of esters is 1. The Balaban J connectivity index is 0. The molecule has 1 rings (SSSR count). The van der Waals surface area contributed by atoms with Crippen molar-refractivity contribution < 1.29 is 14.3 Å². The van der Waals surface area contributed by atoms with Crippen molar-refractivity contribution >= 4 is 12.4 Å². The molecule has 0 radical (unpaired) electrons. The molecule has 0 bridgehead atoms. The normalized spacial score (nSPS) is 10.3. The molecule has 1 aromatic rings. The van der Waals surface area contributed by atoms with Crippen LogP contribution in [0.25, 0.3) is 0 Å². The third-order valence-corrected chi connectivity index (χ3v) is 2.39. The number of hydrogen-bond acceptors (Lipinski definition) is 4. The Bertz CT molecular complexity index is 381. The minimum Gasteiger partial charge on any atom is -0.459 e. The topological polar surface area (TPSA) is 67.4 Å². The van der Waals surface area contributed by atoms with E-state index in [9.17, 15) is 9.59 Å². The van der Waals surface area contributed by atoms with Crippen molar-refractivity contribution in [3.8, 4) is 0 Å². The summed E-state index contributed by atoms with van der Waals surface area (Å²) in [5.41, 5.74) is 0.925. The molecule has 22 heavy (non-hydrogen) atoms. The summed E-state index contributed by atoms with van der Waals surface area (Å²) < 4.78 is 5.14. The predicted molar refractivity (Wildman–Crippen MR) is 90.4 cm³/mol. The highest BCUT2D eigenvalue weighted by Crippen LogP contribution is 2.06. The Morgan fingerprint density at radius 3 is 2.09 bits per heavy atom. The molecule has 0 fully saturated rings. The van der Waals surface area contributed by atoms with Gasteiger partial charge in [-0.1, -0.05) is 58.0 Å². The third kappa shape index (κ3) is 10.9. The number of benzene rings is 1. The SMILES string of the molecule is CC.CC(C)C(NC=O)C(=O)OCc1ccccc1.CNC. The first kappa shape index (κ1) is 22.4. The molecule has 0 aliphatic carbocycles. The lowest BCUT2D eigenvalue weighted by atomic mass is 10.1. The summed E-state index contributed by atoms with van der Waals surface area (Å²) in [4.78, 5) is 22.1. The monoisotopic (exact) mass is 310 g/mol. The van der Waals surface area contributed by atoms with Gasteiger partial charge in [0, 0.05) is 0 Å². The van der Waals surface area contributed by atoms with Crippen molar-refractivity contribution in [2.45, 2.75) is 40.3 Å². The Labute approximate surface area is 134 Å². The van der Waals surface area contributed by atoms with Crippen LogP contribution in [0, 0.1) is 5.92 Å². The average molecular weight is 310 g/mol. The lowest BCUT2D eigenvalue weighted by Gasteiger charge is -2.18. The van der Waals surface area contributed by atoms with Gasteiger partial charge in [0.25, 0.3) is 0 Å². The van der Waals surface area contributed by atoms with E-state index in [1.807, 2.05) is 72.1 Å². The molecule has 0 aliphatic heterocycles. The summed E-state index contributed by atoms with van der Waals surface area (Å²) in [5, 5.41) is 5.21. The molecular formula is C17H30N2O3. The summed E-state index contributed by atoms with van der Waals surface area (Å²) in [5.74, 6) is -0.403. The van der Waals surface area contributed by atoms with E-state index >= 15 is 0 Å². The fraction of sp³-hybridized carbons (Fsp3) is 0.529. The first-order valence-corrected chi connectivity index (χ1v) is 7.55. The van der Waals surface area contributed by atoms with Crippen LogP contribution in [-0.4, -0.2) is 32.5 Å². The summed E-state index contributed by atoms with van der Waals surface area (Å²) in [6, 6.07) is 8.84. The van der Waals surface area contributed by atoms with E-state index in [2.05, 4.69) is 10.6 Å². The van der Waals surface area contributed by atoms with Crippen LogP contribution in [0.5, 0.6) is 0 Å². The van der Waals surface area contributed by atoms with Gasteiger partial charge in [-0.15, -0.1) is 0 Å². The van der Waals surface area contributed by atoms with E-state index in [0.717, 1.165) is 5.56 Å². The Morgan fingerprint density at radius 2 is 1.68 bits per heavy atom. The Kier molecular flexibility index (Phi) is 15.8. The lowest BCUT2D eigenvalue weighted by Crippen LogP contribution is -2.41. The van der Waals surface area contributed by atoms with Gasteiger partial charge in [-0.05, 0) is 25.6 Å². The van der Waals surface area contributed by atoms with Gasteiger partial charge in [0.2, 0.25) is 6.41 Å². The van der Waals surface area contributed by atoms with E-state index < -0.39 is 12.0 Å². The van der Waals surface area contributed by atoms with Crippen molar-refractivity contribution in [2.75, 3.05) is 14.1 Å². The van der Waals surface area contributed by atoms with Gasteiger partial charge in [-0.25, -0.2) is 4.79 Å². The van der Waals surface area contributed by atoms with Crippen LogP contribution in [0.3, 0.4) is 0 Å². The summed E-state index contributed by atoms with van der Waals surface area (Å²) in [7, 11) is 3.75. The summed E-state index contributed by atoms with van der Waals surface area (Å²) in [6.45, 7) is 7.93. The first-order chi connectivity index (χ1) is 10.6. The number of carbonyl (C=O) groups is 2. The maximum atomic E-state index is 11.7. The van der Waals surface area contributed by atoms with Crippen molar-refractivity contribution in [3.63, 3.8) is 0 Å². The van der Waals surface area contributed by atoms with Crippen LogP contribution < -0.4 is 10.6 Å². The van der Waals surface area contributed by atoms with E-state index in [4.69, 9.17) is 4.74 Å². The van der Waals surface area contributed by atoms with Gasteiger partial charge in [0.1, 0.15) is 12.6 Å². The van der Waals surface area contributed by atoms with Gasteiger partial charge >= 0.3 is 5.97 Å². The zero-order chi connectivity index (χ0) is 17.4. The second-order valence-electron chi connectivity index (χ2n) is 4.60. The van der Waals surface area contributed by atoms with Gasteiger partial charge in [0.05, 0.1) is 0 Å². The van der Waals surface area contributed by atoms with E-state index in [1.54, 1.807) is 0 Å². The molecule has 1 aromatic carbocycles. The Hall–Kier alpha value is -1.88. The molecule has 126 valence electrons. The molecule has 0 saturated heterocycles. The fourth-order valence-corrected chi connectivity index (χ4v) is 1.42. The third-order valence-electron chi connectivity index (χ3n) is 2.39. The van der Waals surface area contributed by atoms with Crippen molar-refractivity contribution in [1.82, 2.24) is 10.6 Å². The minimum absolute atomic E-state index is 0.00322. The molecule has 0 saturated carbocycles. The predicted octanol–water partition coefficient (Wildman–Crippen LogP) is 2.36. The number of nitrogens with one attached hydrogen (secondary N) is 2. The van der Waals surface area contributed by atoms with Crippen LogP contribution in [0.2, 0.25) is 0 Å². The van der Waals surface area contributed by atoms with Crippen molar-refractivity contribution in [3.05, 3.63) is 35.9 Å². The van der Waals surface area contributed by atoms with Crippen LogP contribution in [-0.2, 0) is 20.9 Å². The molecule has 0 aromatic heterocycles. The smallest absolute Gasteiger partial charge is 0.329 e. The van der Waals surface area contributed by atoms with E-state index in [-0.39, 0.29) is 12.5 Å². The highest BCUT2D eigenvalue weighted by atomic mass is 16.5. The highest BCUT2D eigenvalue weighted by Gasteiger charge is 2.22. The standard InChI is InChI=1S/C13H17NO3.C2H7N.C2H6/c1-10(2)12(14-9-15)13(16)17-8-11-6-4-3-5-7-11;1-3-2;1-2/h3-7,9-10,12H,8H2,1-2H3,(H,14,15);3H,1-2H3;1-2H3. The van der Waals surface area contributed by atoms with Gasteiger partial charge in [0.15, 0.2) is 0 Å². The van der Waals surface area contributed by atoms with Gasteiger partial charge in [-0.2, -0.15) is 0 Å². The van der Waals surface area contributed by atoms with Crippen LogP contribution in [0.15, 0.2) is 30.3 Å². The molecule has 2 N–H and O–H groups in total. The van der Waals surface area contributed by atoms with Crippen LogP contribution >= 0.6 is 0 Å². The highest BCUT2D eigenvalue weighted by molar-refractivity contribution is 5.78.